The van der Waals surface area contributed by atoms with Crippen LogP contribution < -0.4 is 5.32 Å². The van der Waals surface area contributed by atoms with Crippen molar-refractivity contribution in [3.8, 4) is 0 Å². The van der Waals surface area contributed by atoms with Crippen LogP contribution in [0.5, 0.6) is 0 Å². The molecule has 0 aliphatic heterocycles. The van der Waals surface area contributed by atoms with Crippen LogP contribution in [0, 0.1) is 0 Å². The van der Waals surface area contributed by atoms with Gasteiger partial charge in [-0.05, 0) is 36.8 Å². The minimum atomic E-state index is -5.09. The van der Waals surface area contributed by atoms with E-state index in [1.54, 1.807) is 12.2 Å². The molecule has 0 aliphatic carbocycles. The number of carbonyl (C=O) groups is 2. The first-order chi connectivity index (χ1) is 15.8. The summed E-state index contributed by atoms with van der Waals surface area (Å²) in [6, 6.07) is 2.38. The molecule has 1 unspecified atom stereocenters. The standard InChI is InChI=1S/C21H16ClF6N3O3/c1-3-31-14(9-11-8-13(19(33)34-2)16(22)30-17(11)31)18(32)29-15(21(26,27)28)10-5-4-6-12(7-10)20(23,24)25/h4-9,15H,3H2,1-2H3,(H,29,32). The monoisotopic (exact) mass is 507 g/mol. The molecule has 1 aromatic carbocycles. The maximum atomic E-state index is 13.7. The molecule has 2 aromatic heterocycles. The van der Waals surface area contributed by atoms with Crippen molar-refractivity contribution in [2.45, 2.75) is 31.9 Å². The van der Waals surface area contributed by atoms with E-state index in [1.807, 2.05) is 0 Å². The lowest BCUT2D eigenvalue weighted by Gasteiger charge is -2.23. The molecule has 2 heterocycles. The molecule has 182 valence electrons. The highest BCUT2D eigenvalue weighted by Crippen LogP contribution is 2.36. The smallest absolute Gasteiger partial charge is 0.416 e. The second-order valence-electron chi connectivity index (χ2n) is 7.08. The number of rotatable bonds is 5. The van der Waals surface area contributed by atoms with Gasteiger partial charge in [-0.15, -0.1) is 0 Å². The van der Waals surface area contributed by atoms with E-state index < -0.39 is 41.4 Å². The molecule has 1 amide bonds. The molecule has 1 atom stereocenters. The molecule has 0 fully saturated rings. The predicted molar refractivity (Wildman–Crippen MR) is 109 cm³/mol. The fourth-order valence-corrected chi connectivity index (χ4v) is 3.59. The van der Waals surface area contributed by atoms with Gasteiger partial charge < -0.3 is 14.6 Å². The summed E-state index contributed by atoms with van der Waals surface area (Å²) >= 11 is 6.00. The third-order valence-corrected chi connectivity index (χ3v) is 5.22. The summed E-state index contributed by atoms with van der Waals surface area (Å²) in [5.74, 6) is -2.02. The summed E-state index contributed by atoms with van der Waals surface area (Å²) in [6.07, 6.45) is -9.96. The van der Waals surface area contributed by atoms with Crippen molar-refractivity contribution < 1.29 is 40.7 Å². The van der Waals surface area contributed by atoms with E-state index >= 15 is 0 Å². The Kier molecular flexibility index (Phi) is 6.83. The van der Waals surface area contributed by atoms with Crippen LogP contribution >= 0.6 is 11.6 Å². The number of ether oxygens (including phenoxy) is 1. The van der Waals surface area contributed by atoms with E-state index in [2.05, 4.69) is 9.72 Å². The Morgan fingerprint density at radius 3 is 2.38 bits per heavy atom. The second-order valence-corrected chi connectivity index (χ2v) is 7.43. The predicted octanol–water partition coefficient (Wildman–Crippen LogP) is 5.55. The maximum absolute atomic E-state index is 13.7. The van der Waals surface area contributed by atoms with Gasteiger partial charge in [-0.25, -0.2) is 9.78 Å². The molecule has 0 bridgehead atoms. The molecule has 3 aromatic rings. The third-order valence-electron chi connectivity index (χ3n) is 4.93. The van der Waals surface area contributed by atoms with Crippen LogP contribution in [0.1, 0.15) is 44.9 Å². The van der Waals surface area contributed by atoms with Gasteiger partial charge in [-0.2, -0.15) is 26.3 Å². The van der Waals surface area contributed by atoms with Crippen molar-refractivity contribution in [3.05, 3.63) is 63.9 Å². The lowest BCUT2D eigenvalue weighted by Crippen LogP contribution is -2.39. The average molecular weight is 508 g/mol. The van der Waals surface area contributed by atoms with Crippen molar-refractivity contribution in [1.82, 2.24) is 14.9 Å². The number of halogens is 7. The van der Waals surface area contributed by atoms with Crippen molar-refractivity contribution in [2.75, 3.05) is 7.11 Å². The number of carbonyl (C=O) groups excluding carboxylic acids is 2. The van der Waals surface area contributed by atoms with Crippen molar-refractivity contribution in [1.29, 1.82) is 0 Å². The molecule has 3 rings (SSSR count). The Morgan fingerprint density at radius 2 is 1.82 bits per heavy atom. The van der Waals surface area contributed by atoms with Crippen molar-refractivity contribution >= 4 is 34.5 Å². The molecule has 0 radical (unpaired) electrons. The number of aromatic nitrogens is 2. The van der Waals surface area contributed by atoms with Gasteiger partial charge in [0.15, 0.2) is 6.04 Å². The number of pyridine rings is 1. The summed E-state index contributed by atoms with van der Waals surface area (Å²) in [7, 11) is 1.12. The number of hydrogen-bond donors (Lipinski definition) is 1. The van der Waals surface area contributed by atoms with Gasteiger partial charge in [-0.1, -0.05) is 23.7 Å². The third kappa shape index (κ3) is 4.96. The number of aryl methyl sites for hydroxylation is 1. The SMILES string of the molecule is CCn1c(C(=O)NC(c2cccc(C(F)(F)F)c2)C(F)(F)F)cc2cc(C(=O)OC)c(Cl)nc21. The lowest BCUT2D eigenvalue weighted by molar-refractivity contribution is -0.156. The first kappa shape index (κ1) is 25.3. The second kappa shape index (κ2) is 9.16. The maximum Gasteiger partial charge on any atom is 0.416 e. The normalized spacial score (nSPS) is 13.1. The van der Waals surface area contributed by atoms with Gasteiger partial charge in [0.05, 0.1) is 18.2 Å². The minimum absolute atomic E-state index is 0.0907. The van der Waals surface area contributed by atoms with E-state index in [0.717, 1.165) is 19.2 Å². The Labute approximate surface area is 193 Å². The quantitative estimate of drug-likeness (QED) is 0.279. The van der Waals surface area contributed by atoms with Gasteiger partial charge >= 0.3 is 18.3 Å². The molecule has 13 heteroatoms. The molecular weight excluding hydrogens is 492 g/mol. The van der Waals surface area contributed by atoms with Crippen LogP contribution in [-0.4, -0.2) is 34.7 Å². The number of hydrogen-bond acceptors (Lipinski definition) is 4. The number of alkyl halides is 6. The topological polar surface area (TPSA) is 73.2 Å². The number of nitrogens with zero attached hydrogens (tertiary/aromatic N) is 2. The molecule has 0 aliphatic rings. The Hall–Kier alpha value is -3.28. The van der Waals surface area contributed by atoms with Crippen LogP contribution in [-0.2, 0) is 17.5 Å². The average Bonchev–Trinajstić information content (AvgIpc) is 3.12. The lowest BCUT2D eigenvalue weighted by atomic mass is 10.0. The number of nitrogens with one attached hydrogen (secondary N) is 1. The zero-order chi connectivity index (χ0) is 25.4. The van der Waals surface area contributed by atoms with Gasteiger partial charge in [0.1, 0.15) is 16.5 Å². The molecule has 0 saturated heterocycles. The zero-order valence-corrected chi connectivity index (χ0v) is 18.3. The Bertz CT molecular complexity index is 1250. The molecule has 6 nitrogen and oxygen atoms in total. The zero-order valence-electron chi connectivity index (χ0n) is 17.5. The highest BCUT2D eigenvalue weighted by atomic mass is 35.5. The van der Waals surface area contributed by atoms with E-state index in [0.29, 0.717) is 12.1 Å². The van der Waals surface area contributed by atoms with Crippen LogP contribution in [0.2, 0.25) is 5.15 Å². The van der Waals surface area contributed by atoms with E-state index in [4.69, 9.17) is 11.6 Å². The van der Waals surface area contributed by atoms with E-state index in [-0.39, 0.29) is 34.0 Å². The molecule has 34 heavy (non-hydrogen) atoms. The van der Waals surface area contributed by atoms with E-state index in [1.165, 1.54) is 16.7 Å². The van der Waals surface area contributed by atoms with Crippen LogP contribution in [0.25, 0.3) is 11.0 Å². The fraction of sp³-hybridized carbons (Fsp3) is 0.286. The highest BCUT2D eigenvalue weighted by Gasteiger charge is 2.43. The van der Waals surface area contributed by atoms with Crippen molar-refractivity contribution in [3.63, 3.8) is 0 Å². The first-order valence-electron chi connectivity index (χ1n) is 9.60. The van der Waals surface area contributed by atoms with Gasteiger partial charge in [-0.3, -0.25) is 4.79 Å². The fourth-order valence-electron chi connectivity index (χ4n) is 3.37. The number of fused-ring (bicyclic) bond motifs is 1. The molecule has 0 saturated carbocycles. The van der Waals surface area contributed by atoms with E-state index in [9.17, 15) is 35.9 Å². The summed E-state index contributed by atoms with van der Waals surface area (Å²) in [4.78, 5) is 28.7. The van der Waals surface area contributed by atoms with Crippen molar-refractivity contribution in [2.24, 2.45) is 0 Å². The number of methoxy groups -OCH3 is 1. The Balaban J connectivity index is 2.05. The highest BCUT2D eigenvalue weighted by molar-refractivity contribution is 6.33. The first-order valence-corrected chi connectivity index (χ1v) is 9.98. The number of esters is 1. The molecule has 1 N–H and O–H groups in total. The van der Waals surface area contributed by atoms with Gasteiger partial charge in [0.2, 0.25) is 0 Å². The Morgan fingerprint density at radius 1 is 1.15 bits per heavy atom. The van der Waals surface area contributed by atoms with Crippen LogP contribution in [0.15, 0.2) is 36.4 Å². The number of amides is 1. The number of benzene rings is 1. The van der Waals surface area contributed by atoms with Gasteiger partial charge in [0.25, 0.3) is 5.91 Å². The molecule has 0 spiro atoms. The largest absolute Gasteiger partial charge is 0.465 e. The van der Waals surface area contributed by atoms with Gasteiger partial charge in [0, 0.05) is 11.9 Å². The summed E-state index contributed by atoms with van der Waals surface area (Å²) < 4.78 is 86.1. The molecular formula is C21H16ClF6N3O3. The van der Waals surface area contributed by atoms with Crippen LogP contribution in [0.4, 0.5) is 26.3 Å². The van der Waals surface area contributed by atoms with Crippen LogP contribution in [0.3, 0.4) is 0 Å². The summed E-state index contributed by atoms with van der Waals surface area (Å²) in [5.41, 5.74) is -2.33. The minimum Gasteiger partial charge on any atom is -0.465 e. The summed E-state index contributed by atoms with van der Waals surface area (Å²) in [5, 5.41) is 1.74. The summed E-state index contributed by atoms with van der Waals surface area (Å²) in [6.45, 7) is 1.68.